The van der Waals surface area contributed by atoms with Crippen molar-refractivity contribution >= 4 is 17.2 Å². The van der Waals surface area contributed by atoms with Crippen LogP contribution >= 0.6 is 11.3 Å². The molecule has 0 saturated heterocycles. The number of aliphatic hydroxyl groups excluding tert-OH is 1. The number of hydrogen-bond donors (Lipinski definition) is 2. The molecule has 84 valence electrons. The van der Waals surface area contributed by atoms with Crippen molar-refractivity contribution in [3.63, 3.8) is 0 Å². The van der Waals surface area contributed by atoms with Crippen LogP contribution in [0.5, 0.6) is 0 Å². The van der Waals surface area contributed by atoms with Crippen molar-refractivity contribution in [2.75, 3.05) is 20.3 Å². The van der Waals surface area contributed by atoms with Gasteiger partial charge in [-0.25, -0.2) is 4.98 Å². The lowest BCUT2D eigenvalue weighted by atomic mass is 10.3. The zero-order valence-corrected chi connectivity index (χ0v) is 9.50. The molecule has 0 bridgehead atoms. The Balaban J connectivity index is 2.36. The summed E-state index contributed by atoms with van der Waals surface area (Å²) in [5, 5.41) is 12.7. The highest BCUT2D eigenvalue weighted by Crippen LogP contribution is 2.10. The van der Waals surface area contributed by atoms with Gasteiger partial charge in [-0.15, -0.1) is 11.3 Å². The van der Waals surface area contributed by atoms with Crippen molar-refractivity contribution in [3.05, 3.63) is 16.1 Å². The van der Waals surface area contributed by atoms with E-state index in [1.54, 1.807) is 0 Å². The molecule has 5 nitrogen and oxygen atoms in total. The van der Waals surface area contributed by atoms with Crippen LogP contribution in [0, 0.1) is 6.92 Å². The van der Waals surface area contributed by atoms with E-state index in [0.717, 1.165) is 5.01 Å². The lowest BCUT2D eigenvalue weighted by molar-refractivity contribution is 0.0610. The van der Waals surface area contributed by atoms with Gasteiger partial charge in [0.25, 0.3) is 5.91 Å². The van der Waals surface area contributed by atoms with E-state index in [2.05, 4.69) is 10.3 Å². The molecular weight excluding hydrogens is 216 g/mol. The van der Waals surface area contributed by atoms with Crippen molar-refractivity contribution in [3.8, 4) is 0 Å². The summed E-state index contributed by atoms with van der Waals surface area (Å²) in [6.45, 7) is 2.23. The number of amides is 1. The van der Waals surface area contributed by atoms with Crippen LogP contribution in [0.25, 0.3) is 0 Å². The van der Waals surface area contributed by atoms with Gasteiger partial charge in [0.05, 0.1) is 23.9 Å². The highest BCUT2D eigenvalue weighted by atomic mass is 32.1. The second-order valence-corrected chi connectivity index (χ2v) is 4.30. The number of aliphatic hydroxyl groups is 1. The molecule has 0 aliphatic carbocycles. The van der Waals surface area contributed by atoms with Crippen LogP contribution in [-0.4, -0.2) is 42.4 Å². The van der Waals surface area contributed by atoms with Gasteiger partial charge in [0, 0.05) is 13.7 Å². The first-order valence-corrected chi connectivity index (χ1v) is 5.32. The number of nitrogens with zero attached hydrogens (tertiary/aromatic N) is 1. The molecule has 0 aliphatic rings. The molecule has 1 unspecified atom stereocenters. The van der Waals surface area contributed by atoms with Gasteiger partial charge in [-0.05, 0) is 6.92 Å². The number of aromatic nitrogens is 1. The average Bonchev–Trinajstić information content (AvgIpc) is 2.62. The Morgan fingerprint density at radius 3 is 3.07 bits per heavy atom. The Bertz CT molecular complexity index is 327. The van der Waals surface area contributed by atoms with Crippen LogP contribution < -0.4 is 5.32 Å². The number of carbonyl (C=O) groups excluding carboxylic acids is 1. The summed E-state index contributed by atoms with van der Waals surface area (Å²) < 4.78 is 4.73. The lowest BCUT2D eigenvalue weighted by Gasteiger charge is -2.09. The Morgan fingerprint density at radius 2 is 2.53 bits per heavy atom. The van der Waals surface area contributed by atoms with E-state index in [0.29, 0.717) is 4.88 Å². The van der Waals surface area contributed by atoms with Crippen molar-refractivity contribution in [1.29, 1.82) is 0 Å². The molecule has 0 saturated carbocycles. The molecule has 1 aromatic heterocycles. The van der Waals surface area contributed by atoms with Gasteiger partial charge in [-0.2, -0.15) is 0 Å². The minimum atomic E-state index is -0.673. The van der Waals surface area contributed by atoms with Gasteiger partial charge in [0.2, 0.25) is 0 Å². The molecule has 1 atom stereocenters. The van der Waals surface area contributed by atoms with Gasteiger partial charge in [-0.1, -0.05) is 0 Å². The Labute approximate surface area is 92.1 Å². The highest BCUT2D eigenvalue weighted by molar-refractivity contribution is 7.13. The fourth-order valence-corrected chi connectivity index (χ4v) is 1.71. The minimum absolute atomic E-state index is 0.184. The third-order valence-electron chi connectivity index (χ3n) is 1.70. The number of ether oxygens (including phenoxy) is 1. The first kappa shape index (κ1) is 12.1. The van der Waals surface area contributed by atoms with E-state index in [1.165, 1.54) is 24.6 Å². The second-order valence-electron chi connectivity index (χ2n) is 3.06. The number of carbonyl (C=O) groups is 1. The van der Waals surface area contributed by atoms with Gasteiger partial charge >= 0.3 is 0 Å². The molecule has 2 N–H and O–H groups in total. The smallest absolute Gasteiger partial charge is 0.263 e. The fraction of sp³-hybridized carbons (Fsp3) is 0.556. The third kappa shape index (κ3) is 3.94. The molecule has 0 aliphatic heterocycles. The molecule has 0 fully saturated rings. The van der Waals surface area contributed by atoms with Crippen LogP contribution in [0.1, 0.15) is 14.7 Å². The summed E-state index contributed by atoms with van der Waals surface area (Å²) in [7, 11) is 1.50. The van der Waals surface area contributed by atoms with Crippen molar-refractivity contribution in [2.45, 2.75) is 13.0 Å². The average molecular weight is 230 g/mol. The minimum Gasteiger partial charge on any atom is -0.389 e. The van der Waals surface area contributed by atoms with Crippen LogP contribution in [0.3, 0.4) is 0 Å². The van der Waals surface area contributed by atoms with Gasteiger partial charge < -0.3 is 15.2 Å². The maximum Gasteiger partial charge on any atom is 0.263 e. The molecule has 0 aromatic carbocycles. The molecule has 1 heterocycles. The molecule has 6 heteroatoms. The van der Waals surface area contributed by atoms with Crippen molar-refractivity contribution in [2.24, 2.45) is 0 Å². The molecule has 15 heavy (non-hydrogen) atoms. The summed E-state index contributed by atoms with van der Waals surface area (Å²) in [6.07, 6.45) is 0.853. The van der Waals surface area contributed by atoms with Gasteiger partial charge in [0.1, 0.15) is 4.88 Å². The molecule has 1 rings (SSSR count). The number of hydrogen-bond acceptors (Lipinski definition) is 5. The Hall–Kier alpha value is -0.980. The van der Waals surface area contributed by atoms with Crippen LogP contribution in [-0.2, 0) is 4.74 Å². The van der Waals surface area contributed by atoms with E-state index in [4.69, 9.17) is 4.74 Å². The molecule has 1 amide bonds. The summed E-state index contributed by atoms with van der Waals surface area (Å²) in [6, 6.07) is 0. The van der Waals surface area contributed by atoms with Crippen molar-refractivity contribution < 1.29 is 14.6 Å². The van der Waals surface area contributed by atoms with E-state index in [1.807, 2.05) is 6.92 Å². The normalized spacial score (nSPS) is 12.5. The van der Waals surface area contributed by atoms with E-state index >= 15 is 0 Å². The van der Waals surface area contributed by atoms with Crippen LogP contribution in [0.2, 0.25) is 0 Å². The number of aryl methyl sites for hydroxylation is 1. The van der Waals surface area contributed by atoms with Crippen LogP contribution in [0.15, 0.2) is 6.20 Å². The zero-order chi connectivity index (χ0) is 11.3. The topological polar surface area (TPSA) is 71.5 Å². The zero-order valence-electron chi connectivity index (χ0n) is 8.69. The number of thiazole rings is 1. The largest absolute Gasteiger partial charge is 0.389 e. The monoisotopic (exact) mass is 230 g/mol. The highest BCUT2D eigenvalue weighted by Gasteiger charge is 2.10. The summed E-state index contributed by atoms with van der Waals surface area (Å²) in [5.74, 6) is -0.212. The number of methoxy groups -OCH3 is 1. The molecule has 1 aromatic rings. The lowest BCUT2D eigenvalue weighted by Crippen LogP contribution is -2.33. The van der Waals surface area contributed by atoms with Gasteiger partial charge in [0.15, 0.2) is 0 Å². The summed E-state index contributed by atoms with van der Waals surface area (Å²) in [4.78, 5) is 16.0. The fourth-order valence-electron chi connectivity index (χ4n) is 1.02. The predicted molar refractivity (Wildman–Crippen MR) is 57.1 cm³/mol. The summed E-state index contributed by atoms with van der Waals surface area (Å²) >= 11 is 1.32. The molecular formula is C9H14N2O3S. The third-order valence-corrected chi connectivity index (χ3v) is 2.61. The van der Waals surface area contributed by atoms with Gasteiger partial charge in [-0.3, -0.25) is 4.79 Å². The molecule has 0 radical (unpaired) electrons. The Morgan fingerprint density at radius 1 is 1.80 bits per heavy atom. The first-order valence-electron chi connectivity index (χ1n) is 4.51. The number of nitrogens with one attached hydrogen (secondary N) is 1. The maximum atomic E-state index is 11.5. The first-order chi connectivity index (χ1) is 7.13. The quantitative estimate of drug-likeness (QED) is 0.757. The SMILES string of the molecule is COCC(O)CNC(=O)c1cnc(C)s1. The van der Waals surface area contributed by atoms with E-state index < -0.39 is 6.10 Å². The summed E-state index contributed by atoms with van der Waals surface area (Å²) in [5.41, 5.74) is 0. The maximum absolute atomic E-state index is 11.5. The Kier molecular flexibility index (Phi) is 4.67. The second kappa shape index (κ2) is 5.79. The van der Waals surface area contributed by atoms with Crippen LogP contribution in [0.4, 0.5) is 0 Å². The standard InChI is InChI=1S/C9H14N2O3S/c1-6-10-4-8(15-6)9(13)11-3-7(12)5-14-2/h4,7,12H,3,5H2,1-2H3,(H,11,13). The predicted octanol–water partition coefficient (Wildman–Crippen LogP) is 0.189. The van der Waals surface area contributed by atoms with Crippen molar-refractivity contribution in [1.82, 2.24) is 10.3 Å². The van der Waals surface area contributed by atoms with E-state index in [-0.39, 0.29) is 19.1 Å². The molecule has 0 spiro atoms. The number of rotatable bonds is 5. The van der Waals surface area contributed by atoms with E-state index in [9.17, 15) is 9.90 Å².